The van der Waals surface area contributed by atoms with Gasteiger partial charge in [-0.25, -0.2) is 0 Å². The van der Waals surface area contributed by atoms with E-state index in [0.717, 1.165) is 13.0 Å². The minimum atomic E-state index is -1.57. The summed E-state index contributed by atoms with van der Waals surface area (Å²) in [5, 5.41) is 0. The van der Waals surface area contributed by atoms with Crippen molar-refractivity contribution >= 4 is 8.07 Å². The fourth-order valence-electron chi connectivity index (χ4n) is 0.998. The Balaban J connectivity index is 4.12. The highest BCUT2D eigenvalue weighted by Crippen LogP contribution is 1.98. The number of hydrogen-bond acceptors (Lipinski definition) is 1. The summed E-state index contributed by atoms with van der Waals surface area (Å²) in [7, 11) is 2.51. The van der Waals surface area contributed by atoms with Gasteiger partial charge >= 0.3 is 0 Å². The molecule has 0 heterocycles. The van der Waals surface area contributed by atoms with E-state index in [4.69, 9.17) is 0 Å². The second-order valence-electron chi connectivity index (χ2n) is 4.57. The van der Waals surface area contributed by atoms with Crippen molar-refractivity contribution in [3.05, 3.63) is 0 Å². The largest absolute Gasteiger partial charge is 0.299 e. The summed E-state index contributed by atoms with van der Waals surface area (Å²) >= 11 is 0. The Hall–Kier alpha value is -0.703. The van der Waals surface area contributed by atoms with Gasteiger partial charge in [-0.3, -0.25) is 4.90 Å². The minimum Gasteiger partial charge on any atom is -0.299 e. The monoisotopic (exact) mass is 221 g/mol. The van der Waals surface area contributed by atoms with Crippen LogP contribution in [0.3, 0.4) is 0 Å². The van der Waals surface area contributed by atoms with Gasteiger partial charge in [0.1, 0.15) is 0 Å². The fraction of sp³-hybridized carbons (Fsp3) is 0.692. The van der Waals surface area contributed by atoms with Crippen molar-refractivity contribution in [2.45, 2.75) is 39.3 Å². The predicted molar refractivity (Wildman–Crippen MR) is 71.1 cm³/mol. The zero-order valence-electron chi connectivity index (χ0n) is 10.8. The van der Waals surface area contributed by atoms with Crippen LogP contribution in [0.15, 0.2) is 0 Å². The van der Waals surface area contributed by atoms with Gasteiger partial charge in [-0.1, -0.05) is 19.3 Å². The standard InChI is InChI=1S/C13H23NSi/c1-6-7-8-9-12-15(4,5)13-10-11-14(2)3/h6-8,11H2,1-5H3. The molecule has 2 heteroatoms. The first-order chi connectivity index (χ1) is 6.98. The summed E-state index contributed by atoms with van der Waals surface area (Å²) in [6.45, 7) is 7.47. The molecule has 0 aromatic rings. The molecule has 0 amide bonds. The topological polar surface area (TPSA) is 3.24 Å². The number of unbranched alkanes of at least 4 members (excludes halogenated alkanes) is 2. The Morgan fingerprint density at radius 2 is 1.67 bits per heavy atom. The first-order valence-electron chi connectivity index (χ1n) is 5.62. The summed E-state index contributed by atoms with van der Waals surface area (Å²) in [6, 6.07) is 0. The normalized spacial score (nSPS) is 10.3. The van der Waals surface area contributed by atoms with Crippen LogP contribution in [0.25, 0.3) is 0 Å². The maximum atomic E-state index is 3.36. The van der Waals surface area contributed by atoms with Crippen LogP contribution in [0.5, 0.6) is 0 Å². The van der Waals surface area contributed by atoms with Gasteiger partial charge in [0.15, 0.2) is 0 Å². The van der Waals surface area contributed by atoms with Crippen LogP contribution in [-0.4, -0.2) is 33.6 Å². The first kappa shape index (κ1) is 14.3. The maximum absolute atomic E-state index is 3.36. The molecule has 1 nitrogen and oxygen atoms in total. The molecule has 0 saturated carbocycles. The molecular weight excluding hydrogens is 198 g/mol. The van der Waals surface area contributed by atoms with Gasteiger partial charge in [0.25, 0.3) is 0 Å². The molecule has 0 fully saturated rings. The first-order valence-corrected chi connectivity index (χ1v) is 8.62. The molecule has 0 rings (SSSR count). The van der Waals surface area contributed by atoms with E-state index in [1.807, 2.05) is 14.1 Å². The van der Waals surface area contributed by atoms with Crippen molar-refractivity contribution in [3.63, 3.8) is 0 Å². The predicted octanol–water partition coefficient (Wildman–Crippen LogP) is 2.53. The van der Waals surface area contributed by atoms with E-state index < -0.39 is 8.07 Å². The van der Waals surface area contributed by atoms with E-state index in [2.05, 4.69) is 47.8 Å². The lowest BCUT2D eigenvalue weighted by Crippen LogP contribution is -2.22. The molecule has 84 valence electrons. The third kappa shape index (κ3) is 9.60. The Bertz CT molecular complexity index is 283. The molecule has 0 aliphatic heterocycles. The number of rotatable bonds is 3. The molecule has 0 saturated heterocycles. The zero-order chi connectivity index (χ0) is 11.7. The Morgan fingerprint density at radius 1 is 1.07 bits per heavy atom. The van der Waals surface area contributed by atoms with Crippen LogP contribution < -0.4 is 0 Å². The third-order valence-electron chi connectivity index (χ3n) is 1.85. The second-order valence-corrected chi connectivity index (χ2v) is 8.32. The third-order valence-corrected chi connectivity index (χ3v) is 3.46. The average molecular weight is 221 g/mol. The molecule has 0 aromatic carbocycles. The molecule has 0 bridgehead atoms. The SMILES string of the molecule is CCCCC#C[Si](C)(C)C#CCN(C)C. The highest BCUT2D eigenvalue weighted by Gasteiger charge is 2.13. The van der Waals surface area contributed by atoms with E-state index in [0.29, 0.717) is 0 Å². The van der Waals surface area contributed by atoms with E-state index in [9.17, 15) is 0 Å². The summed E-state index contributed by atoms with van der Waals surface area (Å²) in [5.41, 5.74) is 6.71. The molecule has 0 spiro atoms. The number of nitrogens with zero attached hydrogens (tertiary/aromatic N) is 1. The Kier molecular flexibility index (Phi) is 7.22. The molecule has 0 aliphatic rings. The Morgan fingerprint density at radius 3 is 2.20 bits per heavy atom. The van der Waals surface area contributed by atoms with Gasteiger partial charge < -0.3 is 0 Å². The van der Waals surface area contributed by atoms with Gasteiger partial charge in [0.05, 0.1) is 6.54 Å². The Labute approximate surface area is 96.3 Å². The van der Waals surface area contributed by atoms with Crippen LogP contribution in [0.4, 0.5) is 0 Å². The summed E-state index contributed by atoms with van der Waals surface area (Å²) in [6.07, 6.45) is 3.47. The molecular formula is C13H23NSi. The molecule has 0 atom stereocenters. The van der Waals surface area contributed by atoms with E-state index in [-0.39, 0.29) is 0 Å². The fourth-order valence-corrected chi connectivity index (χ4v) is 2.15. The van der Waals surface area contributed by atoms with Crippen molar-refractivity contribution in [1.29, 1.82) is 0 Å². The lowest BCUT2D eigenvalue weighted by molar-refractivity contribution is 0.464. The zero-order valence-corrected chi connectivity index (χ0v) is 11.8. The minimum absolute atomic E-state index is 0.840. The van der Waals surface area contributed by atoms with Crippen LogP contribution in [0, 0.1) is 22.9 Å². The molecule has 0 aromatic heterocycles. The lowest BCUT2D eigenvalue weighted by Gasteiger charge is -2.05. The second kappa shape index (κ2) is 7.57. The van der Waals surface area contributed by atoms with Gasteiger partial charge in [-0.15, -0.1) is 17.0 Å². The molecule has 0 radical (unpaired) electrons. The van der Waals surface area contributed by atoms with Crippen molar-refractivity contribution in [2.75, 3.05) is 20.6 Å². The van der Waals surface area contributed by atoms with Crippen LogP contribution in [0.2, 0.25) is 13.1 Å². The smallest absolute Gasteiger partial charge is 0.210 e. The van der Waals surface area contributed by atoms with E-state index >= 15 is 0 Å². The van der Waals surface area contributed by atoms with Gasteiger partial charge in [0.2, 0.25) is 8.07 Å². The van der Waals surface area contributed by atoms with Gasteiger partial charge in [-0.2, -0.15) is 0 Å². The van der Waals surface area contributed by atoms with Crippen molar-refractivity contribution in [3.8, 4) is 22.9 Å². The van der Waals surface area contributed by atoms with Gasteiger partial charge in [-0.05, 0) is 33.6 Å². The van der Waals surface area contributed by atoms with Gasteiger partial charge in [0, 0.05) is 6.42 Å². The summed E-state index contributed by atoms with van der Waals surface area (Å²) in [5.74, 6) is 6.46. The molecule has 0 N–H and O–H groups in total. The quantitative estimate of drug-likeness (QED) is 0.402. The highest BCUT2D eigenvalue weighted by molar-refractivity contribution is 6.92. The summed E-state index contributed by atoms with van der Waals surface area (Å²) < 4.78 is 0. The lowest BCUT2D eigenvalue weighted by atomic mass is 10.3. The molecule has 0 aliphatic carbocycles. The van der Waals surface area contributed by atoms with E-state index in [1.54, 1.807) is 0 Å². The highest BCUT2D eigenvalue weighted by atomic mass is 28.3. The number of hydrogen-bond donors (Lipinski definition) is 0. The molecule has 0 unspecified atom stereocenters. The van der Waals surface area contributed by atoms with Crippen molar-refractivity contribution in [1.82, 2.24) is 4.90 Å². The van der Waals surface area contributed by atoms with Crippen molar-refractivity contribution < 1.29 is 0 Å². The van der Waals surface area contributed by atoms with E-state index in [1.165, 1.54) is 12.8 Å². The molecule has 15 heavy (non-hydrogen) atoms. The average Bonchev–Trinajstić information content (AvgIpc) is 2.11. The van der Waals surface area contributed by atoms with Crippen LogP contribution >= 0.6 is 0 Å². The maximum Gasteiger partial charge on any atom is 0.210 e. The van der Waals surface area contributed by atoms with Crippen molar-refractivity contribution in [2.24, 2.45) is 0 Å². The van der Waals surface area contributed by atoms with Crippen LogP contribution in [0.1, 0.15) is 26.2 Å². The summed E-state index contributed by atoms with van der Waals surface area (Å²) in [4.78, 5) is 2.09. The van der Waals surface area contributed by atoms with Crippen LogP contribution in [-0.2, 0) is 0 Å².